The van der Waals surface area contributed by atoms with Gasteiger partial charge in [0.25, 0.3) is 0 Å². The Hall–Kier alpha value is -2.90. The van der Waals surface area contributed by atoms with E-state index in [1.165, 1.54) is 24.0 Å². The highest BCUT2D eigenvalue weighted by Gasteiger charge is 2.23. The van der Waals surface area contributed by atoms with E-state index in [1.807, 2.05) is 24.3 Å². The quantitative estimate of drug-likeness (QED) is 0.529. The number of anilines is 3. The predicted molar refractivity (Wildman–Crippen MR) is 134 cm³/mol. The molecule has 0 aliphatic carbocycles. The van der Waals surface area contributed by atoms with Gasteiger partial charge in [-0.15, -0.1) is 0 Å². The van der Waals surface area contributed by atoms with Crippen LogP contribution in [-0.2, 0) is 19.6 Å². The third-order valence-electron chi connectivity index (χ3n) is 5.92. The summed E-state index contributed by atoms with van der Waals surface area (Å²) in [7, 11) is 0. The van der Waals surface area contributed by atoms with Crippen molar-refractivity contribution in [2.45, 2.75) is 32.5 Å². The van der Waals surface area contributed by atoms with Gasteiger partial charge >= 0.3 is 0 Å². The van der Waals surface area contributed by atoms with E-state index < -0.39 is 0 Å². The van der Waals surface area contributed by atoms with Gasteiger partial charge in [-0.05, 0) is 47.8 Å². The fourth-order valence-electron chi connectivity index (χ4n) is 4.21. The lowest BCUT2D eigenvalue weighted by molar-refractivity contribution is 0.845. The summed E-state index contributed by atoms with van der Waals surface area (Å²) in [5.74, 6) is 2.37. The SMILES string of the molecule is S=C(NCc1ccccc1Cl)Nc1nc(N2CCCC2)cc(N2Cc3ccccc3C2)n1. The van der Waals surface area contributed by atoms with E-state index in [9.17, 15) is 0 Å². The van der Waals surface area contributed by atoms with E-state index in [4.69, 9.17) is 33.8 Å². The Labute approximate surface area is 198 Å². The minimum Gasteiger partial charge on any atom is -0.358 e. The van der Waals surface area contributed by atoms with Crippen molar-refractivity contribution in [3.63, 3.8) is 0 Å². The molecule has 2 aliphatic rings. The number of thiocarbonyl (C=S) groups is 1. The molecule has 1 aromatic heterocycles. The van der Waals surface area contributed by atoms with Crippen LogP contribution in [0.4, 0.5) is 17.6 Å². The molecule has 2 aromatic carbocycles. The zero-order chi connectivity index (χ0) is 21.9. The molecule has 1 fully saturated rings. The van der Waals surface area contributed by atoms with Gasteiger partial charge in [-0.25, -0.2) is 0 Å². The van der Waals surface area contributed by atoms with E-state index in [0.717, 1.165) is 43.4 Å². The molecule has 0 spiro atoms. The second kappa shape index (κ2) is 9.30. The van der Waals surface area contributed by atoms with Gasteiger partial charge in [0.05, 0.1) is 0 Å². The molecule has 5 rings (SSSR count). The number of benzene rings is 2. The fourth-order valence-corrected chi connectivity index (χ4v) is 4.57. The molecule has 32 heavy (non-hydrogen) atoms. The smallest absolute Gasteiger partial charge is 0.232 e. The van der Waals surface area contributed by atoms with Crippen molar-refractivity contribution >= 4 is 46.5 Å². The van der Waals surface area contributed by atoms with Crippen LogP contribution in [0.2, 0.25) is 5.02 Å². The van der Waals surface area contributed by atoms with E-state index >= 15 is 0 Å². The minimum atomic E-state index is 0.471. The normalized spacial score (nSPS) is 15.0. The highest BCUT2D eigenvalue weighted by Crippen LogP contribution is 2.30. The van der Waals surface area contributed by atoms with Crippen molar-refractivity contribution in [1.29, 1.82) is 0 Å². The lowest BCUT2D eigenvalue weighted by Crippen LogP contribution is -2.30. The van der Waals surface area contributed by atoms with Gasteiger partial charge in [-0.2, -0.15) is 9.97 Å². The third kappa shape index (κ3) is 4.64. The lowest BCUT2D eigenvalue weighted by Gasteiger charge is -2.22. The summed E-state index contributed by atoms with van der Waals surface area (Å²) in [6.45, 7) is 4.27. The molecule has 8 heteroatoms. The van der Waals surface area contributed by atoms with Crippen LogP contribution in [0.25, 0.3) is 0 Å². The summed E-state index contributed by atoms with van der Waals surface area (Å²) < 4.78 is 0. The van der Waals surface area contributed by atoms with Crippen LogP contribution >= 0.6 is 23.8 Å². The molecule has 0 saturated carbocycles. The molecular weight excluding hydrogens is 440 g/mol. The molecule has 0 unspecified atom stereocenters. The Kier molecular flexibility index (Phi) is 6.10. The second-order valence-corrected chi connectivity index (χ2v) is 8.94. The van der Waals surface area contributed by atoms with Gasteiger partial charge in [0, 0.05) is 43.8 Å². The summed E-state index contributed by atoms with van der Waals surface area (Å²) in [6.07, 6.45) is 2.38. The largest absolute Gasteiger partial charge is 0.358 e. The van der Waals surface area contributed by atoms with Crippen molar-refractivity contribution in [1.82, 2.24) is 15.3 Å². The maximum atomic E-state index is 6.25. The Bertz CT molecular complexity index is 1110. The summed E-state index contributed by atoms with van der Waals surface area (Å²) in [4.78, 5) is 14.2. The van der Waals surface area contributed by atoms with Gasteiger partial charge in [0.2, 0.25) is 5.95 Å². The van der Waals surface area contributed by atoms with Crippen LogP contribution in [0.15, 0.2) is 54.6 Å². The summed E-state index contributed by atoms with van der Waals surface area (Å²) in [5, 5.41) is 7.58. The minimum absolute atomic E-state index is 0.471. The van der Waals surface area contributed by atoms with Crippen LogP contribution in [0, 0.1) is 0 Å². The van der Waals surface area contributed by atoms with E-state index in [1.54, 1.807) is 0 Å². The Morgan fingerprint density at radius 2 is 1.53 bits per heavy atom. The Morgan fingerprint density at radius 1 is 0.906 bits per heavy atom. The maximum absolute atomic E-state index is 6.25. The molecule has 0 amide bonds. The zero-order valence-electron chi connectivity index (χ0n) is 17.7. The van der Waals surface area contributed by atoms with Crippen LogP contribution in [0.1, 0.15) is 29.5 Å². The number of halogens is 1. The topological polar surface area (TPSA) is 56.3 Å². The van der Waals surface area contributed by atoms with Crippen LogP contribution < -0.4 is 20.4 Å². The predicted octanol–water partition coefficient (Wildman–Crippen LogP) is 4.74. The molecular formula is C24H25ClN6S. The van der Waals surface area contributed by atoms with Crippen molar-refractivity contribution < 1.29 is 0 Å². The van der Waals surface area contributed by atoms with Gasteiger partial charge < -0.3 is 20.4 Å². The lowest BCUT2D eigenvalue weighted by atomic mass is 10.1. The number of rotatable bonds is 5. The van der Waals surface area contributed by atoms with Crippen LogP contribution in [-0.4, -0.2) is 28.2 Å². The molecule has 3 heterocycles. The van der Waals surface area contributed by atoms with Crippen molar-refractivity contribution in [3.05, 3.63) is 76.3 Å². The first-order valence-corrected chi connectivity index (χ1v) is 11.7. The van der Waals surface area contributed by atoms with Crippen molar-refractivity contribution in [3.8, 4) is 0 Å². The molecule has 164 valence electrons. The van der Waals surface area contributed by atoms with E-state index in [0.29, 0.717) is 22.6 Å². The van der Waals surface area contributed by atoms with Gasteiger partial charge in [0.15, 0.2) is 5.11 Å². The first kappa shape index (κ1) is 21.0. The number of hydrogen-bond acceptors (Lipinski definition) is 5. The van der Waals surface area contributed by atoms with Crippen LogP contribution in [0.3, 0.4) is 0 Å². The zero-order valence-corrected chi connectivity index (χ0v) is 19.3. The molecule has 0 bridgehead atoms. The fraction of sp³-hybridized carbons (Fsp3) is 0.292. The number of hydrogen-bond donors (Lipinski definition) is 2. The summed E-state index contributed by atoms with van der Waals surface area (Å²) in [5.41, 5.74) is 3.68. The molecule has 0 radical (unpaired) electrons. The van der Waals surface area contributed by atoms with Gasteiger partial charge in [-0.1, -0.05) is 54.1 Å². The van der Waals surface area contributed by atoms with E-state index in [2.05, 4.69) is 50.8 Å². The molecule has 6 nitrogen and oxygen atoms in total. The molecule has 2 N–H and O–H groups in total. The number of nitrogens with zero attached hydrogens (tertiary/aromatic N) is 4. The molecule has 0 atom stereocenters. The first-order chi connectivity index (χ1) is 15.7. The average molecular weight is 465 g/mol. The van der Waals surface area contributed by atoms with Crippen LogP contribution in [0.5, 0.6) is 0 Å². The Morgan fingerprint density at radius 3 is 2.22 bits per heavy atom. The summed E-state index contributed by atoms with van der Waals surface area (Å²) in [6, 6.07) is 18.4. The third-order valence-corrected chi connectivity index (χ3v) is 6.53. The molecule has 1 saturated heterocycles. The second-order valence-electron chi connectivity index (χ2n) is 8.13. The van der Waals surface area contributed by atoms with Crippen molar-refractivity contribution in [2.75, 3.05) is 28.2 Å². The first-order valence-electron chi connectivity index (χ1n) is 10.9. The van der Waals surface area contributed by atoms with Gasteiger partial charge in [0.1, 0.15) is 11.6 Å². The number of aromatic nitrogens is 2. The number of fused-ring (bicyclic) bond motifs is 1. The molecule has 2 aliphatic heterocycles. The molecule has 3 aromatic rings. The van der Waals surface area contributed by atoms with E-state index in [-0.39, 0.29) is 0 Å². The van der Waals surface area contributed by atoms with Crippen molar-refractivity contribution in [2.24, 2.45) is 0 Å². The highest BCUT2D eigenvalue weighted by atomic mass is 35.5. The monoisotopic (exact) mass is 464 g/mol. The standard InChI is InChI=1S/C24H25ClN6S/c25-20-10-4-3-7-17(20)14-26-24(32)29-23-27-21(30-11-5-6-12-30)13-22(28-23)31-15-18-8-1-2-9-19(18)16-31/h1-4,7-10,13H,5-6,11-12,14-16H2,(H2,26,27,28,29,32). The number of nitrogens with one attached hydrogen (secondary N) is 2. The Balaban J connectivity index is 1.34. The summed E-state index contributed by atoms with van der Waals surface area (Å²) >= 11 is 11.8. The maximum Gasteiger partial charge on any atom is 0.232 e. The highest BCUT2D eigenvalue weighted by molar-refractivity contribution is 7.80. The average Bonchev–Trinajstić information content (AvgIpc) is 3.48. The van der Waals surface area contributed by atoms with Gasteiger partial charge in [-0.3, -0.25) is 0 Å².